The summed E-state index contributed by atoms with van der Waals surface area (Å²) in [5, 5.41) is 11.9. The number of carbonyl (C=O) groups is 3. The van der Waals surface area contributed by atoms with Gasteiger partial charge in [0.25, 0.3) is 0 Å². The average molecular weight is 426 g/mol. The molecule has 1 aromatic heterocycles. The summed E-state index contributed by atoms with van der Waals surface area (Å²) in [6, 6.07) is 17.6. The van der Waals surface area contributed by atoms with Gasteiger partial charge in [0.1, 0.15) is 0 Å². The van der Waals surface area contributed by atoms with Crippen molar-refractivity contribution in [3.8, 4) is 11.3 Å². The van der Waals surface area contributed by atoms with Gasteiger partial charge in [-0.25, -0.2) is 0 Å². The number of nitrogens with one attached hydrogen (secondary N) is 2. The number of aromatic nitrogens is 1. The molecule has 0 aliphatic carbocycles. The zero-order chi connectivity index (χ0) is 21.7. The van der Waals surface area contributed by atoms with Crippen LogP contribution in [0, 0.1) is 6.92 Å². The number of aryl methyl sites for hydroxylation is 2. The van der Waals surface area contributed by atoms with Gasteiger partial charge in [-0.15, -0.1) is 0 Å². The molecule has 0 unspecified atom stereocenters. The predicted octanol–water partition coefficient (Wildman–Crippen LogP) is 3.84. The van der Waals surface area contributed by atoms with Crippen molar-refractivity contribution < 1.29 is 19.5 Å². The van der Waals surface area contributed by atoms with Gasteiger partial charge in [-0.2, -0.15) is 0 Å². The quantitative estimate of drug-likeness (QED) is 0.522. The van der Waals surface area contributed by atoms with Crippen molar-refractivity contribution in [2.75, 3.05) is 10.7 Å². The molecule has 0 saturated carbocycles. The predicted molar refractivity (Wildman–Crippen MR) is 115 cm³/mol. The molecule has 0 radical (unpaired) electrons. The summed E-state index contributed by atoms with van der Waals surface area (Å²) in [6.07, 6.45) is 0.0827. The van der Waals surface area contributed by atoms with Crippen LogP contribution in [0.3, 0.4) is 0 Å². The first-order valence-corrected chi connectivity index (χ1v) is 9.58. The molecule has 0 aliphatic rings. The molecule has 0 atom stereocenters. The normalized spacial score (nSPS) is 10.5. The van der Waals surface area contributed by atoms with Gasteiger partial charge < -0.3 is 10.4 Å². The zero-order valence-electron chi connectivity index (χ0n) is 16.2. The lowest BCUT2D eigenvalue weighted by Gasteiger charge is -2.15. The molecular formula is C22H20ClN3O4. The molecule has 3 rings (SSSR count). The smallest absolute Gasteiger partial charge is 0.328 e. The van der Waals surface area contributed by atoms with E-state index in [-0.39, 0.29) is 12.8 Å². The molecule has 0 aliphatic heterocycles. The number of carboxylic acid groups (broad SMARTS) is 1. The number of hydrogen-bond acceptors (Lipinski definition) is 3. The third-order valence-electron chi connectivity index (χ3n) is 4.41. The maximum Gasteiger partial charge on any atom is 0.328 e. The number of aliphatic carboxylic acids is 1. The number of rotatable bonds is 6. The molecule has 3 N–H and O–H groups in total. The molecule has 1 heterocycles. The van der Waals surface area contributed by atoms with Crippen molar-refractivity contribution in [1.82, 2.24) is 4.68 Å². The van der Waals surface area contributed by atoms with Crippen molar-refractivity contribution in [3.63, 3.8) is 0 Å². The summed E-state index contributed by atoms with van der Waals surface area (Å²) in [4.78, 5) is 35.9. The summed E-state index contributed by atoms with van der Waals surface area (Å²) in [7, 11) is 0. The van der Waals surface area contributed by atoms with Crippen LogP contribution in [0.1, 0.15) is 17.7 Å². The molecule has 7 nitrogen and oxygen atoms in total. The summed E-state index contributed by atoms with van der Waals surface area (Å²) < 4.78 is 1.45. The molecule has 2 amide bonds. The van der Waals surface area contributed by atoms with E-state index in [2.05, 4.69) is 10.7 Å². The third-order valence-corrected chi connectivity index (χ3v) is 4.64. The summed E-state index contributed by atoms with van der Waals surface area (Å²) in [6.45, 7) is 1.96. The minimum absolute atomic E-state index is 0.109. The van der Waals surface area contributed by atoms with Crippen LogP contribution in [-0.4, -0.2) is 27.6 Å². The fourth-order valence-corrected chi connectivity index (χ4v) is 3.09. The fourth-order valence-electron chi connectivity index (χ4n) is 2.90. The van der Waals surface area contributed by atoms with Crippen LogP contribution in [0.5, 0.6) is 0 Å². The van der Waals surface area contributed by atoms with Crippen LogP contribution in [0.15, 0.2) is 60.7 Å². The van der Waals surface area contributed by atoms with Gasteiger partial charge in [0, 0.05) is 28.4 Å². The van der Waals surface area contributed by atoms with Gasteiger partial charge in [0.05, 0.1) is 12.1 Å². The molecule has 2 aromatic carbocycles. The topological polar surface area (TPSA) is 100 Å². The molecule has 0 bridgehead atoms. The Morgan fingerprint density at radius 1 is 1.00 bits per heavy atom. The molecule has 154 valence electrons. The van der Waals surface area contributed by atoms with E-state index in [1.807, 2.05) is 31.2 Å². The molecule has 0 saturated heterocycles. The molecule has 0 fully saturated rings. The minimum atomic E-state index is -0.954. The van der Waals surface area contributed by atoms with Gasteiger partial charge in [0.2, 0.25) is 0 Å². The highest BCUT2D eigenvalue weighted by Gasteiger charge is 2.19. The monoisotopic (exact) mass is 425 g/mol. The van der Waals surface area contributed by atoms with Crippen molar-refractivity contribution in [2.45, 2.75) is 19.8 Å². The SMILES string of the molecule is Cc1ccc(-c2ccc(CCC(=O)O)n2NC(=O)C(=O)Nc2cccc(Cl)c2)cc1. The number of nitrogens with zero attached hydrogens (tertiary/aromatic N) is 1. The number of halogens is 1. The van der Waals surface area contributed by atoms with E-state index in [1.165, 1.54) is 10.7 Å². The lowest BCUT2D eigenvalue weighted by atomic mass is 10.1. The average Bonchev–Trinajstić information content (AvgIpc) is 3.09. The van der Waals surface area contributed by atoms with Crippen LogP contribution in [0.4, 0.5) is 5.69 Å². The Hall–Kier alpha value is -3.58. The molecule has 3 aromatic rings. The second-order valence-electron chi connectivity index (χ2n) is 6.71. The second-order valence-corrected chi connectivity index (χ2v) is 7.15. The number of hydrogen-bond donors (Lipinski definition) is 3. The first-order chi connectivity index (χ1) is 14.3. The summed E-state index contributed by atoms with van der Waals surface area (Å²) in [5.74, 6) is -2.72. The highest BCUT2D eigenvalue weighted by Crippen LogP contribution is 2.23. The largest absolute Gasteiger partial charge is 0.481 e. The number of benzene rings is 2. The van der Waals surface area contributed by atoms with Gasteiger partial charge >= 0.3 is 17.8 Å². The van der Waals surface area contributed by atoms with Crippen LogP contribution >= 0.6 is 11.6 Å². The Labute approximate surface area is 178 Å². The second kappa shape index (κ2) is 9.28. The van der Waals surface area contributed by atoms with Gasteiger partial charge in [-0.3, -0.25) is 24.5 Å². The van der Waals surface area contributed by atoms with Crippen molar-refractivity contribution in [1.29, 1.82) is 0 Å². The standard InChI is InChI=1S/C22H20ClN3O4/c1-14-5-7-15(8-6-14)19-11-9-18(10-12-20(27)28)26(19)25-22(30)21(29)24-17-4-2-3-16(23)13-17/h2-9,11,13H,10,12H2,1H3,(H,24,29)(H,25,30)(H,27,28). The maximum atomic E-state index is 12.5. The minimum Gasteiger partial charge on any atom is -0.481 e. The Morgan fingerprint density at radius 3 is 2.40 bits per heavy atom. The Morgan fingerprint density at radius 2 is 1.73 bits per heavy atom. The molecule has 30 heavy (non-hydrogen) atoms. The van der Waals surface area contributed by atoms with Gasteiger partial charge in [0.15, 0.2) is 0 Å². The lowest BCUT2D eigenvalue weighted by molar-refractivity contribution is -0.137. The first-order valence-electron chi connectivity index (χ1n) is 9.21. The highest BCUT2D eigenvalue weighted by molar-refractivity contribution is 6.42. The van der Waals surface area contributed by atoms with E-state index in [0.29, 0.717) is 22.1 Å². The summed E-state index contributed by atoms with van der Waals surface area (Å²) >= 11 is 5.90. The van der Waals surface area contributed by atoms with Crippen LogP contribution < -0.4 is 10.7 Å². The van der Waals surface area contributed by atoms with Crippen LogP contribution in [-0.2, 0) is 20.8 Å². The highest BCUT2D eigenvalue weighted by atomic mass is 35.5. The third kappa shape index (κ3) is 5.27. The van der Waals surface area contributed by atoms with Crippen molar-refractivity contribution in [2.24, 2.45) is 0 Å². The molecule has 8 heteroatoms. The Balaban J connectivity index is 1.85. The van der Waals surface area contributed by atoms with E-state index in [1.54, 1.807) is 30.3 Å². The summed E-state index contributed by atoms with van der Waals surface area (Å²) in [5.41, 5.74) is 6.06. The number of amides is 2. The molecular weight excluding hydrogens is 406 g/mol. The van der Waals surface area contributed by atoms with Crippen molar-refractivity contribution >= 4 is 35.1 Å². The van der Waals surface area contributed by atoms with E-state index in [4.69, 9.17) is 16.7 Å². The van der Waals surface area contributed by atoms with Crippen LogP contribution in [0.25, 0.3) is 11.3 Å². The number of anilines is 1. The Kier molecular flexibility index (Phi) is 6.54. The number of carbonyl (C=O) groups excluding carboxylic acids is 2. The zero-order valence-corrected chi connectivity index (χ0v) is 16.9. The van der Waals surface area contributed by atoms with Gasteiger partial charge in [-0.05, 0) is 37.3 Å². The van der Waals surface area contributed by atoms with Crippen LogP contribution in [0.2, 0.25) is 5.02 Å². The van der Waals surface area contributed by atoms with E-state index in [9.17, 15) is 14.4 Å². The van der Waals surface area contributed by atoms with Gasteiger partial charge in [-0.1, -0.05) is 47.5 Å². The van der Waals surface area contributed by atoms with E-state index >= 15 is 0 Å². The molecule has 0 spiro atoms. The fraction of sp³-hybridized carbons (Fsp3) is 0.136. The number of carboxylic acids is 1. The van der Waals surface area contributed by atoms with E-state index < -0.39 is 17.8 Å². The van der Waals surface area contributed by atoms with Crippen molar-refractivity contribution in [3.05, 3.63) is 76.9 Å². The maximum absolute atomic E-state index is 12.5. The Bertz CT molecular complexity index is 1090. The van der Waals surface area contributed by atoms with E-state index in [0.717, 1.165) is 11.1 Å². The first kappa shape index (κ1) is 21.1. The lowest BCUT2D eigenvalue weighted by Crippen LogP contribution is -2.35.